The van der Waals surface area contributed by atoms with Crippen molar-refractivity contribution >= 4 is 5.91 Å². The smallest absolute Gasteiger partial charge is 0.253 e. The van der Waals surface area contributed by atoms with E-state index in [1.54, 1.807) is 24.3 Å². The number of piperidine rings is 1. The number of halogens is 1. The predicted octanol–water partition coefficient (Wildman–Crippen LogP) is 4.15. The summed E-state index contributed by atoms with van der Waals surface area (Å²) in [7, 11) is 0. The molecule has 3 aromatic rings. The molecule has 0 spiro atoms. The average molecular weight is 414 g/mol. The highest BCUT2D eigenvalue weighted by Crippen LogP contribution is 2.19. The molecule has 1 aromatic heterocycles. The van der Waals surface area contributed by atoms with Crippen molar-refractivity contribution in [1.82, 2.24) is 15.2 Å². The minimum absolute atomic E-state index is 0.109. The van der Waals surface area contributed by atoms with E-state index >= 15 is 0 Å². The van der Waals surface area contributed by atoms with Crippen LogP contribution in [0.25, 0.3) is 11.3 Å². The molecule has 0 bridgehead atoms. The Bertz CT molecular complexity index is 1100. The Morgan fingerprint density at radius 2 is 1.94 bits per heavy atom. The zero-order valence-corrected chi connectivity index (χ0v) is 17.1. The van der Waals surface area contributed by atoms with Gasteiger partial charge in [0.2, 0.25) is 0 Å². The zero-order chi connectivity index (χ0) is 21.6. The summed E-state index contributed by atoms with van der Waals surface area (Å²) < 4.78 is 13.4. The molecule has 2 heterocycles. The van der Waals surface area contributed by atoms with Gasteiger partial charge in [-0.05, 0) is 48.7 Å². The molecular formula is C25H23FN4O. The lowest BCUT2D eigenvalue weighted by Crippen LogP contribution is -2.44. The first-order chi connectivity index (χ1) is 15.1. The fraction of sp³-hybridized carbons (Fsp3) is 0.240. The Hall–Kier alpha value is -3.56. The average Bonchev–Trinajstić information content (AvgIpc) is 2.81. The Morgan fingerprint density at radius 1 is 1.13 bits per heavy atom. The van der Waals surface area contributed by atoms with Crippen molar-refractivity contribution in [3.8, 4) is 17.3 Å². The topological polar surface area (TPSA) is 69.0 Å². The van der Waals surface area contributed by atoms with Crippen molar-refractivity contribution < 1.29 is 9.18 Å². The van der Waals surface area contributed by atoms with Crippen LogP contribution in [0.2, 0.25) is 0 Å². The highest BCUT2D eigenvalue weighted by molar-refractivity contribution is 5.94. The monoisotopic (exact) mass is 414 g/mol. The number of nitrogens with zero attached hydrogens (tertiary/aromatic N) is 3. The molecule has 1 aliphatic heterocycles. The van der Waals surface area contributed by atoms with Crippen molar-refractivity contribution in [1.29, 1.82) is 5.26 Å². The third kappa shape index (κ3) is 5.14. The molecule has 1 fully saturated rings. The fourth-order valence-electron chi connectivity index (χ4n) is 3.86. The molecule has 4 rings (SSSR count). The molecule has 156 valence electrons. The van der Waals surface area contributed by atoms with Crippen LogP contribution in [-0.4, -0.2) is 34.9 Å². The van der Waals surface area contributed by atoms with E-state index in [2.05, 4.69) is 21.3 Å². The number of hydrogen-bond donors (Lipinski definition) is 1. The molecule has 1 aliphatic rings. The molecule has 0 radical (unpaired) electrons. The molecule has 0 saturated carbocycles. The summed E-state index contributed by atoms with van der Waals surface area (Å²) in [5.41, 5.74) is 3.55. The lowest BCUT2D eigenvalue weighted by Gasteiger charge is -2.32. The number of likely N-dealkylation sites (tertiary alicyclic amines) is 1. The number of rotatable bonds is 5. The number of nitriles is 1. The number of nitrogens with one attached hydrogen (secondary N) is 1. The van der Waals surface area contributed by atoms with Crippen molar-refractivity contribution in [2.24, 2.45) is 0 Å². The van der Waals surface area contributed by atoms with Crippen molar-refractivity contribution in [3.63, 3.8) is 0 Å². The number of carbonyl (C=O) groups excluding carboxylic acids is 1. The quantitative estimate of drug-likeness (QED) is 0.681. The largest absolute Gasteiger partial charge is 0.349 e. The Labute approximate surface area is 181 Å². The number of pyridine rings is 1. The van der Waals surface area contributed by atoms with Gasteiger partial charge in [-0.25, -0.2) is 4.39 Å². The molecule has 1 N–H and O–H groups in total. The first-order valence-electron chi connectivity index (χ1n) is 10.4. The summed E-state index contributed by atoms with van der Waals surface area (Å²) in [5, 5.41) is 12.3. The Kier molecular flexibility index (Phi) is 6.34. The summed E-state index contributed by atoms with van der Waals surface area (Å²) in [6.07, 6.45) is 3.24. The van der Waals surface area contributed by atoms with E-state index in [9.17, 15) is 14.4 Å². The normalized spacial score (nSPS) is 14.7. The molecule has 5 nitrogen and oxygen atoms in total. The third-order valence-electron chi connectivity index (χ3n) is 5.60. The van der Waals surface area contributed by atoms with Crippen LogP contribution in [0, 0.1) is 17.1 Å². The minimum atomic E-state index is -0.316. The standard InChI is InChI=1S/C25H23FN4O/c26-22-7-3-6-18(14-22)24-9-8-20(16-28-24)25(31)29-23-10-12-30(13-11-23)17-21-5-2-1-4-19(21)15-27/h1-9,14,16,23H,10-13,17H2,(H,29,31). The van der Waals surface area contributed by atoms with E-state index in [0.29, 0.717) is 22.4 Å². The van der Waals surface area contributed by atoms with Gasteiger partial charge in [-0.2, -0.15) is 5.26 Å². The zero-order valence-electron chi connectivity index (χ0n) is 17.1. The van der Waals surface area contributed by atoms with E-state index in [1.165, 1.54) is 18.3 Å². The second kappa shape index (κ2) is 9.50. The van der Waals surface area contributed by atoms with Gasteiger partial charge in [0, 0.05) is 37.4 Å². The maximum atomic E-state index is 13.4. The van der Waals surface area contributed by atoms with Crippen LogP contribution in [0.4, 0.5) is 4.39 Å². The van der Waals surface area contributed by atoms with Gasteiger partial charge in [0.1, 0.15) is 5.82 Å². The van der Waals surface area contributed by atoms with Crippen LogP contribution >= 0.6 is 0 Å². The van der Waals surface area contributed by atoms with Crippen LogP contribution in [0.3, 0.4) is 0 Å². The number of carbonyl (C=O) groups is 1. The van der Waals surface area contributed by atoms with Crippen molar-refractivity contribution in [2.75, 3.05) is 13.1 Å². The second-order valence-electron chi connectivity index (χ2n) is 7.74. The van der Waals surface area contributed by atoms with E-state index in [-0.39, 0.29) is 17.8 Å². The molecular weight excluding hydrogens is 391 g/mol. The van der Waals surface area contributed by atoms with Gasteiger partial charge >= 0.3 is 0 Å². The molecule has 0 unspecified atom stereocenters. The van der Waals surface area contributed by atoms with E-state index in [0.717, 1.165) is 38.0 Å². The SMILES string of the molecule is N#Cc1ccccc1CN1CCC(NC(=O)c2ccc(-c3cccc(F)c3)nc2)CC1. The summed E-state index contributed by atoms with van der Waals surface area (Å²) >= 11 is 0. The third-order valence-corrected chi connectivity index (χ3v) is 5.60. The number of aromatic nitrogens is 1. The molecule has 31 heavy (non-hydrogen) atoms. The number of amides is 1. The molecule has 1 saturated heterocycles. The van der Waals surface area contributed by atoms with Crippen LogP contribution in [-0.2, 0) is 6.54 Å². The van der Waals surface area contributed by atoms with E-state index in [1.807, 2.05) is 24.3 Å². The number of benzene rings is 2. The van der Waals surface area contributed by atoms with Gasteiger partial charge in [-0.15, -0.1) is 0 Å². The fourth-order valence-corrected chi connectivity index (χ4v) is 3.86. The molecule has 0 atom stereocenters. The van der Waals surface area contributed by atoms with Crippen LogP contribution in [0.15, 0.2) is 66.9 Å². The van der Waals surface area contributed by atoms with Gasteiger partial charge in [0.05, 0.1) is 22.9 Å². The summed E-state index contributed by atoms with van der Waals surface area (Å²) in [4.78, 5) is 19.2. The van der Waals surface area contributed by atoms with E-state index < -0.39 is 0 Å². The summed E-state index contributed by atoms with van der Waals surface area (Å²) in [6, 6.07) is 19.7. The molecule has 0 aliphatic carbocycles. The Morgan fingerprint density at radius 3 is 2.65 bits per heavy atom. The highest BCUT2D eigenvalue weighted by Gasteiger charge is 2.22. The van der Waals surface area contributed by atoms with Crippen LogP contribution < -0.4 is 5.32 Å². The maximum absolute atomic E-state index is 13.4. The van der Waals surface area contributed by atoms with Gasteiger partial charge in [0.25, 0.3) is 5.91 Å². The predicted molar refractivity (Wildman–Crippen MR) is 117 cm³/mol. The first kappa shape index (κ1) is 20.7. The number of hydrogen-bond acceptors (Lipinski definition) is 4. The lowest BCUT2D eigenvalue weighted by molar-refractivity contribution is 0.0908. The van der Waals surface area contributed by atoms with E-state index in [4.69, 9.17) is 0 Å². The van der Waals surface area contributed by atoms with Gasteiger partial charge in [0.15, 0.2) is 0 Å². The van der Waals surface area contributed by atoms with Gasteiger partial charge < -0.3 is 5.32 Å². The lowest BCUT2D eigenvalue weighted by atomic mass is 10.0. The second-order valence-corrected chi connectivity index (χ2v) is 7.74. The molecule has 2 aromatic carbocycles. The van der Waals surface area contributed by atoms with Crippen LogP contribution in [0.1, 0.15) is 34.3 Å². The first-order valence-corrected chi connectivity index (χ1v) is 10.4. The van der Waals surface area contributed by atoms with Crippen molar-refractivity contribution in [2.45, 2.75) is 25.4 Å². The van der Waals surface area contributed by atoms with Gasteiger partial charge in [-0.3, -0.25) is 14.7 Å². The summed E-state index contributed by atoms with van der Waals surface area (Å²) in [6.45, 7) is 2.47. The van der Waals surface area contributed by atoms with Crippen LogP contribution in [0.5, 0.6) is 0 Å². The van der Waals surface area contributed by atoms with Crippen molar-refractivity contribution in [3.05, 3.63) is 89.4 Å². The maximum Gasteiger partial charge on any atom is 0.253 e. The minimum Gasteiger partial charge on any atom is -0.349 e. The Balaban J connectivity index is 1.30. The van der Waals surface area contributed by atoms with Gasteiger partial charge in [-0.1, -0.05) is 30.3 Å². The molecule has 6 heteroatoms. The highest BCUT2D eigenvalue weighted by atomic mass is 19.1. The summed E-state index contributed by atoms with van der Waals surface area (Å²) in [5.74, 6) is -0.463. The molecule has 1 amide bonds.